The normalized spacial score (nSPS) is 30.3. The van der Waals surface area contributed by atoms with E-state index in [1.54, 1.807) is 4.90 Å². The molecule has 3 rings (SSSR count). The molecule has 3 fully saturated rings. The van der Waals surface area contributed by atoms with Gasteiger partial charge in [0, 0.05) is 26.2 Å². The van der Waals surface area contributed by atoms with Gasteiger partial charge >= 0.3 is 0 Å². The maximum Gasteiger partial charge on any atom is 0.241 e. The number of hydrogen-bond acceptors (Lipinski definition) is 8. The molecule has 3 aliphatic rings. The second-order valence-corrected chi connectivity index (χ2v) is 9.77. The molecule has 0 aromatic heterocycles. The van der Waals surface area contributed by atoms with Crippen molar-refractivity contribution in [3.05, 3.63) is 0 Å². The molecule has 3 saturated heterocycles. The van der Waals surface area contributed by atoms with Crippen LogP contribution in [0.3, 0.4) is 0 Å². The summed E-state index contributed by atoms with van der Waals surface area (Å²) < 4.78 is 0. The number of guanidine groups is 2. The van der Waals surface area contributed by atoms with Crippen molar-refractivity contribution in [2.75, 3.05) is 32.7 Å². The molecule has 3 amide bonds. The number of Topliss-reactive ketones (excluding diaryl/α,β-unsaturated/α-hetero) is 1. The fourth-order valence-corrected chi connectivity index (χ4v) is 5.40. The van der Waals surface area contributed by atoms with Crippen LogP contribution in [0, 0.1) is 10.8 Å². The van der Waals surface area contributed by atoms with Gasteiger partial charge in [0.15, 0.2) is 17.7 Å². The van der Waals surface area contributed by atoms with Crippen LogP contribution < -0.4 is 38.5 Å². The summed E-state index contributed by atoms with van der Waals surface area (Å²) in [5, 5.41) is 25.5. The van der Waals surface area contributed by atoms with Crippen LogP contribution in [0.1, 0.15) is 38.5 Å². The Hall–Kier alpha value is -3.46. The van der Waals surface area contributed by atoms with Crippen LogP contribution in [0.2, 0.25) is 0 Å². The first-order valence-corrected chi connectivity index (χ1v) is 12.7. The number of nitrogens with two attached hydrogens (primary N) is 3. The largest absolute Gasteiger partial charge is 0.370 e. The third-order valence-corrected chi connectivity index (χ3v) is 7.17. The number of nitrogens with one attached hydrogen (secondary N) is 6. The van der Waals surface area contributed by atoms with E-state index >= 15 is 0 Å². The Labute approximate surface area is 215 Å². The summed E-state index contributed by atoms with van der Waals surface area (Å²) >= 11 is 0. The monoisotopic (exact) mass is 521 g/mol. The van der Waals surface area contributed by atoms with Gasteiger partial charge in [-0.1, -0.05) is 0 Å². The minimum atomic E-state index is -0.914. The molecule has 3 heterocycles. The molecule has 0 aromatic carbocycles. The van der Waals surface area contributed by atoms with Gasteiger partial charge in [0.05, 0.1) is 18.1 Å². The lowest BCUT2D eigenvalue weighted by molar-refractivity contribution is -0.145. The fraction of sp³-hybridized carbons (Fsp3) is 0.727. The van der Waals surface area contributed by atoms with E-state index in [1.165, 1.54) is 0 Å². The number of carbonyl (C=O) groups is 4. The topological polar surface area (TPSA) is 249 Å². The zero-order valence-corrected chi connectivity index (χ0v) is 20.9. The number of fused-ring (bicyclic) bond motifs is 2. The van der Waals surface area contributed by atoms with Crippen LogP contribution in [0.5, 0.6) is 0 Å². The van der Waals surface area contributed by atoms with Gasteiger partial charge in [0.2, 0.25) is 17.7 Å². The minimum absolute atomic E-state index is 0.110. The quantitative estimate of drug-likeness (QED) is 0.0766. The molecule has 2 bridgehead atoms. The Balaban J connectivity index is 1.71. The van der Waals surface area contributed by atoms with E-state index in [-0.39, 0.29) is 42.1 Å². The molecule has 0 aliphatic carbocycles. The minimum Gasteiger partial charge on any atom is -0.370 e. The van der Waals surface area contributed by atoms with Crippen molar-refractivity contribution in [1.29, 1.82) is 10.8 Å². The first-order valence-electron chi connectivity index (χ1n) is 12.7. The van der Waals surface area contributed by atoms with Gasteiger partial charge in [0.25, 0.3) is 0 Å². The van der Waals surface area contributed by atoms with Crippen LogP contribution in [-0.4, -0.2) is 108 Å². The van der Waals surface area contributed by atoms with E-state index in [0.29, 0.717) is 64.7 Å². The van der Waals surface area contributed by atoms with Crippen LogP contribution in [0.15, 0.2) is 0 Å². The van der Waals surface area contributed by atoms with Crippen molar-refractivity contribution < 1.29 is 19.2 Å². The van der Waals surface area contributed by atoms with Gasteiger partial charge < -0.3 is 38.5 Å². The molecular weight excluding hydrogens is 482 g/mol. The first kappa shape index (κ1) is 28.1. The van der Waals surface area contributed by atoms with E-state index in [1.807, 2.05) is 4.90 Å². The van der Waals surface area contributed by atoms with Crippen LogP contribution in [-0.2, 0) is 19.2 Å². The van der Waals surface area contributed by atoms with Crippen molar-refractivity contribution in [3.63, 3.8) is 0 Å². The number of nitrogens with zero attached hydrogens (tertiary/aromatic N) is 2. The SMILES string of the molecule is N=C(N)NCCC[C@H]1C(=O)N[C@@H]2CN1CCCC(N1C[C@H](C(N)=O)NC(=O)[C@@H]1CCCNC(=N)N)C2=O. The molecule has 0 radical (unpaired) electrons. The summed E-state index contributed by atoms with van der Waals surface area (Å²) in [6.45, 7) is 1.97. The second-order valence-electron chi connectivity index (χ2n) is 9.77. The van der Waals surface area contributed by atoms with Gasteiger partial charge in [-0.05, 0) is 45.1 Å². The molecule has 15 heteroatoms. The number of primary amides is 1. The first-order chi connectivity index (χ1) is 17.6. The average molecular weight is 522 g/mol. The van der Waals surface area contributed by atoms with Gasteiger partial charge in [-0.3, -0.25) is 39.8 Å². The Morgan fingerprint density at radius 3 is 2.11 bits per heavy atom. The van der Waals surface area contributed by atoms with Gasteiger partial charge in [0.1, 0.15) is 12.1 Å². The van der Waals surface area contributed by atoms with Gasteiger partial charge in [-0.25, -0.2) is 0 Å². The molecule has 206 valence electrons. The summed E-state index contributed by atoms with van der Waals surface area (Å²) in [4.78, 5) is 55.4. The Bertz CT molecular complexity index is 913. The highest BCUT2D eigenvalue weighted by Crippen LogP contribution is 2.26. The van der Waals surface area contributed by atoms with E-state index < -0.39 is 30.1 Å². The number of piperazine rings is 2. The predicted octanol–water partition coefficient (Wildman–Crippen LogP) is -3.93. The van der Waals surface area contributed by atoms with E-state index in [2.05, 4.69) is 21.3 Å². The lowest BCUT2D eigenvalue weighted by Gasteiger charge is -2.46. The Morgan fingerprint density at radius 1 is 0.919 bits per heavy atom. The molecule has 0 aromatic rings. The molecular formula is C22H39N11O4. The molecule has 2 unspecified atom stereocenters. The highest BCUT2D eigenvalue weighted by atomic mass is 16.2. The highest BCUT2D eigenvalue weighted by Gasteiger charge is 2.46. The van der Waals surface area contributed by atoms with Crippen LogP contribution >= 0.6 is 0 Å². The van der Waals surface area contributed by atoms with Crippen molar-refractivity contribution >= 4 is 35.4 Å². The summed E-state index contributed by atoms with van der Waals surface area (Å²) in [7, 11) is 0. The van der Waals surface area contributed by atoms with Crippen LogP contribution in [0.4, 0.5) is 0 Å². The van der Waals surface area contributed by atoms with Gasteiger partial charge in [-0.2, -0.15) is 0 Å². The number of carbonyl (C=O) groups excluding carboxylic acids is 4. The van der Waals surface area contributed by atoms with E-state index in [4.69, 9.17) is 28.0 Å². The zero-order chi connectivity index (χ0) is 27.1. The summed E-state index contributed by atoms with van der Waals surface area (Å²) in [5.74, 6) is -1.73. The fourth-order valence-electron chi connectivity index (χ4n) is 5.40. The number of hydrogen-bond donors (Lipinski definition) is 9. The van der Waals surface area contributed by atoms with Crippen molar-refractivity contribution in [2.24, 2.45) is 17.2 Å². The van der Waals surface area contributed by atoms with Crippen molar-refractivity contribution in [2.45, 2.75) is 68.7 Å². The van der Waals surface area contributed by atoms with Crippen molar-refractivity contribution in [3.8, 4) is 0 Å². The number of rotatable bonds is 10. The number of amides is 3. The Kier molecular flexibility index (Phi) is 9.63. The zero-order valence-electron chi connectivity index (χ0n) is 20.9. The molecule has 3 aliphatic heterocycles. The lowest BCUT2D eigenvalue weighted by Crippen LogP contribution is -2.70. The van der Waals surface area contributed by atoms with Crippen molar-refractivity contribution in [1.82, 2.24) is 31.1 Å². The maximum atomic E-state index is 13.7. The highest BCUT2D eigenvalue weighted by molar-refractivity contribution is 5.96. The smallest absolute Gasteiger partial charge is 0.241 e. The maximum absolute atomic E-state index is 13.7. The third kappa shape index (κ3) is 7.29. The molecule has 15 nitrogen and oxygen atoms in total. The van der Waals surface area contributed by atoms with Crippen LogP contribution in [0.25, 0.3) is 0 Å². The van der Waals surface area contributed by atoms with E-state index in [0.717, 1.165) is 0 Å². The van der Waals surface area contributed by atoms with Gasteiger partial charge in [-0.15, -0.1) is 0 Å². The molecule has 6 atom stereocenters. The second kappa shape index (κ2) is 12.7. The molecule has 0 saturated carbocycles. The lowest BCUT2D eigenvalue weighted by atomic mass is 9.89. The third-order valence-electron chi connectivity index (χ3n) is 7.17. The summed E-state index contributed by atoms with van der Waals surface area (Å²) in [6.07, 6.45) is 3.23. The summed E-state index contributed by atoms with van der Waals surface area (Å²) in [6, 6.07) is -3.31. The summed E-state index contributed by atoms with van der Waals surface area (Å²) in [5.41, 5.74) is 16.1. The predicted molar refractivity (Wildman–Crippen MR) is 135 cm³/mol. The molecule has 37 heavy (non-hydrogen) atoms. The standard InChI is InChI=1S/C22H39N11O4/c23-18(35)13-11-33(16(20(37)31-13)5-2-8-29-22(26)27)14-6-3-9-32-10-12(17(14)34)30-19(36)15(32)4-1-7-28-21(24)25/h12-16H,1-11H2,(H2,23,35)(H,30,36)(H,31,37)(H4,24,25,28)(H4,26,27,29)/t12-,13-,14?,15+,16+/m1/s1. The van der Waals surface area contributed by atoms with E-state index in [9.17, 15) is 19.2 Å². The average Bonchev–Trinajstić information content (AvgIpc) is 2.82. The Morgan fingerprint density at radius 2 is 1.51 bits per heavy atom. The molecule has 12 N–H and O–H groups in total. The number of ketones is 1. The molecule has 0 spiro atoms.